The normalized spacial score (nSPS) is 17.9. The third-order valence-corrected chi connectivity index (χ3v) is 4.40. The fraction of sp³-hybridized carbons (Fsp3) is 0.600. The Hall–Kier alpha value is -1.92. The highest BCUT2D eigenvalue weighted by Gasteiger charge is 2.32. The Morgan fingerprint density at radius 3 is 2.35 bits per heavy atom. The van der Waals surface area contributed by atoms with Gasteiger partial charge in [-0.05, 0) is 45.1 Å². The fourth-order valence-corrected chi connectivity index (χ4v) is 2.85. The molecule has 1 saturated carbocycles. The van der Waals surface area contributed by atoms with Crippen molar-refractivity contribution >= 4 is 11.8 Å². The van der Waals surface area contributed by atoms with E-state index >= 15 is 0 Å². The molecule has 3 unspecified atom stereocenters. The zero-order valence-electron chi connectivity index (χ0n) is 15.9. The van der Waals surface area contributed by atoms with Crippen LogP contribution in [-0.2, 0) is 16.0 Å². The van der Waals surface area contributed by atoms with E-state index in [2.05, 4.69) is 10.6 Å². The zero-order chi connectivity index (χ0) is 19.3. The molecule has 1 fully saturated rings. The van der Waals surface area contributed by atoms with Gasteiger partial charge < -0.3 is 21.5 Å². The average Bonchev–Trinajstić information content (AvgIpc) is 3.36. The van der Waals surface area contributed by atoms with Gasteiger partial charge in [-0.3, -0.25) is 9.59 Å². The van der Waals surface area contributed by atoms with E-state index in [-0.39, 0.29) is 5.91 Å². The molecular weight excluding hydrogens is 330 g/mol. The molecule has 0 saturated heterocycles. The van der Waals surface area contributed by atoms with Crippen LogP contribution < -0.4 is 16.4 Å². The lowest BCUT2D eigenvalue weighted by Gasteiger charge is -2.28. The molecule has 1 aliphatic rings. The number of nitrogens with two attached hydrogens (primary N) is 1. The molecule has 26 heavy (non-hydrogen) atoms. The van der Waals surface area contributed by atoms with E-state index in [1.165, 1.54) is 0 Å². The van der Waals surface area contributed by atoms with Crippen LogP contribution >= 0.6 is 0 Å². The molecule has 5 N–H and O–H groups in total. The van der Waals surface area contributed by atoms with Gasteiger partial charge in [0, 0.05) is 5.54 Å². The lowest BCUT2D eigenvalue weighted by Crippen LogP contribution is -2.57. The number of hydrogen-bond acceptors (Lipinski definition) is 4. The first-order valence-corrected chi connectivity index (χ1v) is 9.25. The van der Waals surface area contributed by atoms with Crippen LogP contribution in [0.15, 0.2) is 30.3 Å². The van der Waals surface area contributed by atoms with Crippen LogP contribution in [0.4, 0.5) is 0 Å². The zero-order valence-corrected chi connectivity index (χ0v) is 15.9. The Morgan fingerprint density at radius 1 is 1.19 bits per heavy atom. The molecule has 6 nitrogen and oxygen atoms in total. The van der Waals surface area contributed by atoms with E-state index in [9.17, 15) is 14.7 Å². The number of carbonyl (C=O) groups excluding carboxylic acids is 2. The van der Waals surface area contributed by atoms with Crippen LogP contribution in [-0.4, -0.2) is 40.6 Å². The minimum Gasteiger partial charge on any atom is -0.381 e. The Balaban J connectivity index is 2.06. The molecule has 0 spiro atoms. The monoisotopic (exact) mass is 361 g/mol. The van der Waals surface area contributed by atoms with E-state index in [0.717, 1.165) is 18.4 Å². The Morgan fingerprint density at radius 2 is 1.81 bits per heavy atom. The molecule has 2 amide bonds. The average molecular weight is 361 g/mol. The summed E-state index contributed by atoms with van der Waals surface area (Å²) in [7, 11) is 0. The Bertz CT molecular complexity index is 608. The molecular formula is C20H31N3O3. The number of aliphatic hydroxyl groups excluding tert-OH is 1. The van der Waals surface area contributed by atoms with Crippen LogP contribution in [0.2, 0.25) is 0 Å². The number of carbonyl (C=O) groups is 2. The van der Waals surface area contributed by atoms with E-state index < -0.39 is 29.6 Å². The van der Waals surface area contributed by atoms with Gasteiger partial charge in [-0.1, -0.05) is 43.2 Å². The largest absolute Gasteiger partial charge is 0.381 e. The van der Waals surface area contributed by atoms with E-state index in [1.807, 2.05) is 51.1 Å². The maximum atomic E-state index is 12.4. The maximum absolute atomic E-state index is 12.4. The van der Waals surface area contributed by atoms with Gasteiger partial charge in [-0.15, -0.1) is 0 Å². The number of nitrogens with one attached hydrogen (secondary N) is 2. The lowest BCUT2D eigenvalue weighted by molar-refractivity contribution is -0.133. The third kappa shape index (κ3) is 6.77. The summed E-state index contributed by atoms with van der Waals surface area (Å²) in [4.78, 5) is 24.8. The first-order chi connectivity index (χ1) is 12.2. The Labute approximate surface area is 155 Å². The molecule has 0 radical (unpaired) electrons. The van der Waals surface area contributed by atoms with Gasteiger partial charge in [-0.25, -0.2) is 0 Å². The molecule has 0 aliphatic heterocycles. The minimum absolute atomic E-state index is 0.319. The number of aliphatic hydroxyl groups is 1. The topological polar surface area (TPSA) is 104 Å². The second-order valence-corrected chi connectivity index (χ2v) is 8.27. The van der Waals surface area contributed by atoms with Crippen LogP contribution in [0.25, 0.3) is 0 Å². The minimum atomic E-state index is -1.36. The highest BCUT2D eigenvalue weighted by molar-refractivity contribution is 5.85. The maximum Gasteiger partial charge on any atom is 0.251 e. The summed E-state index contributed by atoms with van der Waals surface area (Å²) in [5.41, 5.74) is 6.44. The second-order valence-electron chi connectivity index (χ2n) is 8.27. The standard InChI is InChI=1S/C20H31N3O3/c1-20(2,3)23-19(26)17(24)16(12-13-7-5-4-6-8-13)22-18(25)15(21)11-14-9-10-14/h4-8,14-17,24H,9-12,21H2,1-3H3,(H,22,25)(H,23,26). The van der Waals surface area contributed by atoms with Crippen molar-refractivity contribution in [1.29, 1.82) is 0 Å². The molecule has 0 heterocycles. The van der Waals surface area contributed by atoms with Crippen molar-refractivity contribution in [3.05, 3.63) is 35.9 Å². The van der Waals surface area contributed by atoms with Gasteiger partial charge >= 0.3 is 0 Å². The van der Waals surface area contributed by atoms with Crippen LogP contribution in [0.1, 0.15) is 45.6 Å². The van der Waals surface area contributed by atoms with Crippen molar-refractivity contribution in [1.82, 2.24) is 10.6 Å². The van der Waals surface area contributed by atoms with Crippen molar-refractivity contribution in [2.24, 2.45) is 11.7 Å². The van der Waals surface area contributed by atoms with E-state index in [4.69, 9.17) is 5.73 Å². The number of amides is 2. The van der Waals surface area contributed by atoms with Gasteiger partial charge in [0.15, 0.2) is 6.10 Å². The summed E-state index contributed by atoms with van der Waals surface area (Å²) in [6, 6.07) is 8.11. The summed E-state index contributed by atoms with van der Waals surface area (Å²) in [5, 5.41) is 16.1. The van der Waals surface area contributed by atoms with E-state index in [0.29, 0.717) is 18.8 Å². The van der Waals surface area contributed by atoms with Gasteiger partial charge in [-0.2, -0.15) is 0 Å². The van der Waals surface area contributed by atoms with Crippen molar-refractivity contribution in [2.75, 3.05) is 0 Å². The van der Waals surface area contributed by atoms with Crippen LogP contribution in [0.3, 0.4) is 0 Å². The number of benzene rings is 1. The first kappa shape index (κ1) is 20.4. The van der Waals surface area contributed by atoms with Crippen molar-refractivity contribution in [3.8, 4) is 0 Å². The predicted octanol–water partition coefficient (Wildman–Crippen LogP) is 1.12. The molecule has 6 heteroatoms. The number of rotatable bonds is 8. The molecule has 1 aromatic carbocycles. The molecule has 144 valence electrons. The predicted molar refractivity (Wildman–Crippen MR) is 101 cm³/mol. The van der Waals surface area contributed by atoms with Gasteiger partial charge in [0.25, 0.3) is 5.91 Å². The molecule has 0 aromatic heterocycles. The summed E-state index contributed by atoms with van der Waals surface area (Å²) >= 11 is 0. The van der Waals surface area contributed by atoms with Gasteiger partial charge in [0.05, 0.1) is 12.1 Å². The summed E-state index contributed by atoms with van der Waals surface area (Å²) in [6.07, 6.45) is 1.87. The van der Waals surface area contributed by atoms with Crippen LogP contribution in [0.5, 0.6) is 0 Å². The molecule has 1 aliphatic carbocycles. The van der Waals surface area contributed by atoms with Gasteiger partial charge in [0.2, 0.25) is 5.91 Å². The molecule has 0 bridgehead atoms. The van der Waals surface area contributed by atoms with Crippen LogP contribution in [0, 0.1) is 5.92 Å². The van der Waals surface area contributed by atoms with Crippen molar-refractivity contribution < 1.29 is 14.7 Å². The third-order valence-electron chi connectivity index (χ3n) is 4.40. The first-order valence-electron chi connectivity index (χ1n) is 9.25. The lowest BCUT2D eigenvalue weighted by atomic mass is 9.98. The van der Waals surface area contributed by atoms with Gasteiger partial charge in [0.1, 0.15) is 0 Å². The molecule has 3 atom stereocenters. The Kier molecular flexibility index (Phi) is 6.78. The van der Waals surface area contributed by atoms with Crippen molar-refractivity contribution in [2.45, 2.75) is 70.2 Å². The molecule has 2 rings (SSSR count). The second kappa shape index (κ2) is 8.64. The highest BCUT2D eigenvalue weighted by Crippen LogP contribution is 2.33. The SMILES string of the molecule is CC(C)(C)NC(=O)C(O)C(Cc1ccccc1)NC(=O)C(N)CC1CC1. The number of hydrogen-bond donors (Lipinski definition) is 4. The summed E-state index contributed by atoms with van der Waals surface area (Å²) < 4.78 is 0. The quantitative estimate of drug-likeness (QED) is 0.557. The summed E-state index contributed by atoms with van der Waals surface area (Å²) in [6.45, 7) is 5.52. The fourth-order valence-electron chi connectivity index (χ4n) is 2.85. The van der Waals surface area contributed by atoms with E-state index in [1.54, 1.807) is 0 Å². The highest BCUT2D eigenvalue weighted by atomic mass is 16.3. The molecule has 1 aromatic rings. The summed E-state index contributed by atoms with van der Waals surface area (Å²) in [5.74, 6) is -0.299. The smallest absolute Gasteiger partial charge is 0.251 e. The van der Waals surface area contributed by atoms with Crippen molar-refractivity contribution in [3.63, 3.8) is 0 Å².